The summed E-state index contributed by atoms with van der Waals surface area (Å²) < 4.78 is 17.1. The largest absolute Gasteiger partial charge is 0.347 e. The van der Waals surface area contributed by atoms with E-state index in [4.69, 9.17) is 0 Å². The Morgan fingerprint density at radius 1 is 1.29 bits per heavy atom. The van der Waals surface area contributed by atoms with E-state index in [1.807, 2.05) is 25.5 Å². The number of fused-ring (bicyclic) bond motifs is 2. The lowest BCUT2D eigenvalue weighted by atomic mass is 9.86. The van der Waals surface area contributed by atoms with Crippen LogP contribution in [-0.2, 0) is 12.6 Å². The molecule has 5 heterocycles. The van der Waals surface area contributed by atoms with Crippen molar-refractivity contribution < 1.29 is 14.0 Å². The van der Waals surface area contributed by atoms with Crippen LogP contribution in [0.15, 0.2) is 42.9 Å². The monoisotopic (exact) mass is 399 g/mol. The second-order valence-corrected chi connectivity index (χ2v) is 8.41. The highest BCUT2D eigenvalue weighted by molar-refractivity contribution is 7.12. The fourth-order valence-corrected chi connectivity index (χ4v) is 4.96. The van der Waals surface area contributed by atoms with Gasteiger partial charge >= 0.3 is 0 Å². The van der Waals surface area contributed by atoms with Crippen LogP contribution >= 0.6 is 11.3 Å². The second-order valence-electron chi connectivity index (χ2n) is 7.38. The lowest BCUT2D eigenvalue weighted by Gasteiger charge is -2.48. The summed E-state index contributed by atoms with van der Waals surface area (Å²) >= 11 is 0.864. The molecule has 9 heteroatoms. The first-order valence-corrected chi connectivity index (χ1v) is 9.79. The van der Waals surface area contributed by atoms with E-state index in [0.29, 0.717) is 30.1 Å². The number of carbonyl (C=O) groups excluding carboxylic acids is 2. The van der Waals surface area contributed by atoms with Crippen LogP contribution in [0.5, 0.6) is 0 Å². The lowest BCUT2D eigenvalue weighted by Crippen LogP contribution is -2.62. The molecule has 0 saturated carbocycles. The maximum atomic E-state index is 13.2. The number of likely N-dealkylation sites (tertiary alicyclic amines) is 1. The molecule has 28 heavy (non-hydrogen) atoms. The number of amides is 2. The summed E-state index contributed by atoms with van der Waals surface area (Å²) in [4.78, 5) is 31.7. The van der Waals surface area contributed by atoms with Crippen LogP contribution in [0.3, 0.4) is 0 Å². The van der Waals surface area contributed by atoms with Gasteiger partial charge in [0.1, 0.15) is 11.5 Å². The van der Waals surface area contributed by atoms with Gasteiger partial charge in [-0.2, -0.15) is 4.39 Å². The summed E-state index contributed by atoms with van der Waals surface area (Å²) in [6, 6.07) is 6.22. The number of rotatable bonds is 3. The average Bonchev–Trinajstić information content (AvgIpc) is 3.38. The van der Waals surface area contributed by atoms with Crippen molar-refractivity contribution >= 4 is 23.2 Å². The van der Waals surface area contributed by atoms with E-state index in [-0.39, 0.29) is 28.5 Å². The molecule has 5 rings (SSSR count). The molecule has 1 spiro atoms. The van der Waals surface area contributed by atoms with Crippen molar-refractivity contribution in [3.63, 3.8) is 0 Å². The minimum Gasteiger partial charge on any atom is -0.347 e. The molecule has 1 unspecified atom stereocenters. The molecular weight excluding hydrogens is 381 g/mol. The SMILES string of the molecule is Cn1cccc1C(=O)NC1CC2(CN(C(=O)c3ccc(F)s3)C2)n2ccnc21. The predicted molar refractivity (Wildman–Crippen MR) is 101 cm³/mol. The van der Waals surface area contributed by atoms with Crippen molar-refractivity contribution in [3.05, 3.63) is 64.4 Å². The first-order chi connectivity index (χ1) is 13.5. The third-order valence-corrected chi connectivity index (χ3v) is 6.46. The molecule has 0 aromatic carbocycles. The molecular formula is C19H18FN5O2S. The highest BCUT2D eigenvalue weighted by Gasteiger charge is 2.54. The average molecular weight is 399 g/mol. The standard InChI is InChI=1S/C19H18FN5O2S/c1-23-7-2-3-13(23)17(26)22-12-9-19(25-8-6-21-16(12)25)10-24(11-19)18(27)14-4-5-15(20)28-14/h2-8,12H,9-11H2,1H3,(H,22,26). The molecule has 1 N–H and O–H groups in total. The molecule has 3 aromatic rings. The minimum atomic E-state index is -0.361. The van der Waals surface area contributed by atoms with Crippen molar-refractivity contribution in [1.82, 2.24) is 24.3 Å². The summed E-state index contributed by atoms with van der Waals surface area (Å²) in [7, 11) is 1.83. The number of imidazole rings is 1. The Kier molecular flexibility index (Phi) is 3.70. The maximum Gasteiger partial charge on any atom is 0.268 e. The van der Waals surface area contributed by atoms with Crippen molar-refractivity contribution in [1.29, 1.82) is 0 Å². The highest BCUT2D eigenvalue weighted by atomic mass is 32.1. The molecule has 0 bridgehead atoms. The van der Waals surface area contributed by atoms with Gasteiger partial charge in [-0.05, 0) is 24.3 Å². The minimum absolute atomic E-state index is 0.148. The molecule has 144 valence electrons. The molecule has 1 atom stereocenters. The number of nitrogens with one attached hydrogen (secondary N) is 1. The Morgan fingerprint density at radius 2 is 2.11 bits per heavy atom. The first kappa shape index (κ1) is 17.2. The van der Waals surface area contributed by atoms with Crippen molar-refractivity contribution in [2.75, 3.05) is 13.1 Å². The van der Waals surface area contributed by atoms with E-state index in [0.717, 1.165) is 17.2 Å². The van der Waals surface area contributed by atoms with E-state index in [1.165, 1.54) is 12.1 Å². The third kappa shape index (κ3) is 2.50. The Hall–Kier alpha value is -2.94. The molecule has 1 saturated heterocycles. The topological polar surface area (TPSA) is 72.2 Å². The van der Waals surface area contributed by atoms with Crippen LogP contribution in [-0.4, -0.2) is 43.9 Å². The molecule has 2 amide bonds. The van der Waals surface area contributed by atoms with Gasteiger partial charge in [-0.25, -0.2) is 4.98 Å². The van der Waals surface area contributed by atoms with Gasteiger partial charge in [0.2, 0.25) is 0 Å². The molecule has 2 aliphatic rings. The summed E-state index contributed by atoms with van der Waals surface area (Å²) in [6.45, 7) is 1.04. The first-order valence-electron chi connectivity index (χ1n) is 8.97. The van der Waals surface area contributed by atoms with Gasteiger partial charge in [0, 0.05) is 45.1 Å². The summed E-state index contributed by atoms with van der Waals surface area (Å²) in [5.41, 5.74) is 0.313. The number of hydrogen-bond acceptors (Lipinski definition) is 4. The van der Waals surface area contributed by atoms with Crippen molar-refractivity contribution in [3.8, 4) is 0 Å². The van der Waals surface area contributed by atoms with E-state index >= 15 is 0 Å². The normalized spacial score (nSPS) is 19.5. The fraction of sp³-hybridized carbons (Fsp3) is 0.316. The highest BCUT2D eigenvalue weighted by Crippen LogP contribution is 2.45. The van der Waals surface area contributed by atoms with Crippen LogP contribution in [0, 0.1) is 5.13 Å². The van der Waals surface area contributed by atoms with Crippen LogP contribution in [0.1, 0.15) is 38.4 Å². The number of aryl methyl sites for hydroxylation is 1. The maximum absolute atomic E-state index is 13.2. The van der Waals surface area contributed by atoms with Gasteiger partial charge in [-0.15, -0.1) is 11.3 Å². The molecule has 3 aromatic heterocycles. The zero-order chi connectivity index (χ0) is 19.5. The summed E-state index contributed by atoms with van der Waals surface area (Å²) in [5.74, 6) is 0.500. The quantitative estimate of drug-likeness (QED) is 0.734. The van der Waals surface area contributed by atoms with Gasteiger partial charge in [0.15, 0.2) is 5.13 Å². The Bertz CT molecular complexity index is 1080. The van der Waals surface area contributed by atoms with E-state index < -0.39 is 0 Å². The number of halogens is 1. The zero-order valence-electron chi connectivity index (χ0n) is 15.1. The van der Waals surface area contributed by atoms with Crippen LogP contribution in [0.2, 0.25) is 0 Å². The van der Waals surface area contributed by atoms with Gasteiger partial charge in [-0.3, -0.25) is 9.59 Å². The number of thiophene rings is 1. The number of nitrogens with zero attached hydrogens (tertiary/aromatic N) is 4. The molecule has 7 nitrogen and oxygen atoms in total. The Morgan fingerprint density at radius 3 is 2.79 bits per heavy atom. The van der Waals surface area contributed by atoms with Gasteiger partial charge in [0.05, 0.1) is 16.5 Å². The second kappa shape index (κ2) is 6.03. The third-order valence-electron chi connectivity index (χ3n) is 5.60. The van der Waals surface area contributed by atoms with Gasteiger partial charge < -0.3 is 19.4 Å². The molecule has 1 fully saturated rings. The lowest BCUT2D eigenvalue weighted by molar-refractivity contribution is 0.0143. The van der Waals surface area contributed by atoms with Crippen LogP contribution < -0.4 is 5.32 Å². The van der Waals surface area contributed by atoms with E-state index in [9.17, 15) is 14.0 Å². The summed E-state index contributed by atoms with van der Waals surface area (Å²) in [5, 5.41) is 2.71. The van der Waals surface area contributed by atoms with Crippen LogP contribution in [0.4, 0.5) is 4.39 Å². The fourth-order valence-electron chi connectivity index (χ4n) is 4.26. The number of carbonyl (C=O) groups is 2. The smallest absolute Gasteiger partial charge is 0.268 e. The van der Waals surface area contributed by atoms with Crippen molar-refractivity contribution in [2.45, 2.75) is 18.0 Å². The zero-order valence-corrected chi connectivity index (χ0v) is 15.9. The predicted octanol–water partition coefficient (Wildman–Crippen LogP) is 2.15. The van der Waals surface area contributed by atoms with E-state index in [1.54, 1.807) is 21.7 Å². The molecule has 0 radical (unpaired) electrons. The van der Waals surface area contributed by atoms with E-state index in [2.05, 4.69) is 14.9 Å². The molecule has 2 aliphatic heterocycles. The number of aromatic nitrogens is 3. The summed E-state index contributed by atoms with van der Waals surface area (Å²) in [6.07, 6.45) is 6.12. The molecule has 0 aliphatic carbocycles. The number of hydrogen-bond donors (Lipinski definition) is 1. The van der Waals surface area contributed by atoms with Gasteiger partial charge in [-0.1, -0.05) is 0 Å². The Labute approximate surface area is 164 Å². The van der Waals surface area contributed by atoms with Crippen molar-refractivity contribution in [2.24, 2.45) is 7.05 Å². The Balaban J connectivity index is 1.33. The van der Waals surface area contributed by atoms with Crippen LogP contribution in [0.25, 0.3) is 0 Å². The van der Waals surface area contributed by atoms with Gasteiger partial charge in [0.25, 0.3) is 11.8 Å².